The van der Waals surface area contributed by atoms with Gasteiger partial charge in [0.25, 0.3) is 0 Å². The Kier molecular flexibility index (Phi) is 4.82. The fourth-order valence-corrected chi connectivity index (χ4v) is 1.17. The van der Waals surface area contributed by atoms with Crippen molar-refractivity contribution >= 4 is 5.91 Å². The average Bonchev–Trinajstić information content (AvgIpc) is 2.28. The molecule has 0 spiro atoms. The van der Waals surface area contributed by atoms with Crippen LogP contribution in [0.25, 0.3) is 10.4 Å². The van der Waals surface area contributed by atoms with Crippen LogP contribution in [0.5, 0.6) is 0 Å². The Morgan fingerprint density at radius 1 is 1.50 bits per heavy atom. The van der Waals surface area contributed by atoms with E-state index in [1.807, 2.05) is 0 Å². The van der Waals surface area contributed by atoms with E-state index >= 15 is 0 Å². The van der Waals surface area contributed by atoms with E-state index in [1.54, 1.807) is 18.2 Å². The highest BCUT2D eigenvalue weighted by molar-refractivity contribution is 5.78. The topological polar surface area (TPSA) is 77.9 Å². The first kappa shape index (κ1) is 12.0. The van der Waals surface area contributed by atoms with E-state index in [1.165, 1.54) is 6.07 Å². The summed E-state index contributed by atoms with van der Waals surface area (Å²) in [7, 11) is 0. The van der Waals surface area contributed by atoms with Gasteiger partial charge in [-0.05, 0) is 17.2 Å². The molecule has 0 saturated heterocycles. The molecule has 0 atom stereocenters. The summed E-state index contributed by atoms with van der Waals surface area (Å²) in [6.45, 7) is 0.455. The molecular formula is C10H11FN4O. The maximum atomic E-state index is 13.1. The number of carbonyl (C=O) groups excluding carboxylic acids is 1. The van der Waals surface area contributed by atoms with Gasteiger partial charge >= 0.3 is 0 Å². The third kappa shape index (κ3) is 3.98. The van der Waals surface area contributed by atoms with Gasteiger partial charge in [-0.2, -0.15) is 0 Å². The quantitative estimate of drug-likeness (QED) is 0.350. The zero-order chi connectivity index (χ0) is 11.8. The lowest BCUT2D eigenvalue weighted by Crippen LogP contribution is -2.27. The lowest BCUT2D eigenvalue weighted by Gasteiger charge is -2.03. The van der Waals surface area contributed by atoms with Crippen LogP contribution >= 0.6 is 0 Å². The predicted molar refractivity (Wildman–Crippen MR) is 57.1 cm³/mol. The minimum Gasteiger partial charge on any atom is -0.356 e. The Balaban J connectivity index is 2.40. The minimum atomic E-state index is -0.396. The number of hydrogen-bond acceptors (Lipinski definition) is 2. The maximum Gasteiger partial charge on any atom is 0.224 e. The second-order valence-corrected chi connectivity index (χ2v) is 3.07. The zero-order valence-electron chi connectivity index (χ0n) is 8.56. The highest BCUT2D eigenvalue weighted by atomic mass is 19.1. The molecule has 0 aliphatic heterocycles. The van der Waals surface area contributed by atoms with Crippen LogP contribution in [0.4, 0.5) is 4.39 Å². The number of hydrogen-bond donors (Lipinski definition) is 1. The number of halogens is 1. The first-order chi connectivity index (χ1) is 7.74. The molecule has 1 amide bonds. The molecule has 16 heavy (non-hydrogen) atoms. The van der Waals surface area contributed by atoms with Gasteiger partial charge in [-0.15, -0.1) is 0 Å². The molecule has 1 N–H and O–H groups in total. The Hall–Kier alpha value is -2.07. The Labute approximate surface area is 91.9 Å². The monoisotopic (exact) mass is 222 g/mol. The number of azide groups is 1. The van der Waals surface area contributed by atoms with Crippen LogP contribution < -0.4 is 5.32 Å². The molecule has 6 heteroatoms. The molecule has 0 fully saturated rings. The lowest BCUT2D eigenvalue weighted by atomic mass is 10.1. The van der Waals surface area contributed by atoms with Crippen molar-refractivity contribution in [3.8, 4) is 0 Å². The standard InChI is InChI=1S/C10H11FN4O/c11-9-4-2-1-3-8(9)7-10(16)13-5-6-14-15-12/h1-4H,5-7H2,(H,13,16). The van der Waals surface area contributed by atoms with E-state index in [0.29, 0.717) is 5.56 Å². The van der Waals surface area contributed by atoms with Gasteiger partial charge in [-0.25, -0.2) is 4.39 Å². The van der Waals surface area contributed by atoms with E-state index in [9.17, 15) is 9.18 Å². The fourth-order valence-electron chi connectivity index (χ4n) is 1.17. The molecule has 0 radical (unpaired) electrons. The number of nitrogens with one attached hydrogen (secondary N) is 1. The molecular weight excluding hydrogens is 211 g/mol. The molecule has 1 aromatic carbocycles. The van der Waals surface area contributed by atoms with Gasteiger partial charge in [0.2, 0.25) is 5.91 Å². The summed E-state index contributed by atoms with van der Waals surface area (Å²) in [5.74, 6) is -0.689. The van der Waals surface area contributed by atoms with Crippen LogP contribution in [-0.4, -0.2) is 19.0 Å². The van der Waals surface area contributed by atoms with Gasteiger partial charge in [-0.3, -0.25) is 4.79 Å². The molecule has 0 bridgehead atoms. The highest BCUT2D eigenvalue weighted by Gasteiger charge is 2.06. The number of nitrogens with zero attached hydrogens (tertiary/aromatic N) is 3. The van der Waals surface area contributed by atoms with Crippen LogP contribution in [0, 0.1) is 5.82 Å². The molecule has 0 saturated carbocycles. The molecule has 0 aromatic heterocycles. The Morgan fingerprint density at radius 2 is 2.25 bits per heavy atom. The zero-order valence-corrected chi connectivity index (χ0v) is 8.56. The van der Waals surface area contributed by atoms with E-state index in [4.69, 9.17) is 5.53 Å². The first-order valence-corrected chi connectivity index (χ1v) is 4.75. The third-order valence-electron chi connectivity index (χ3n) is 1.91. The van der Waals surface area contributed by atoms with Crippen LogP contribution in [0.1, 0.15) is 5.56 Å². The van der Waals surface area contributed by atoms with Crippen LogP contribution in [-0.2, 0) is 11.2 Å². The molecule has 0 unspecified atom stereocenters. The third-order valence-corrected chi connectivity index (χ3v) is 1.91. The van der Waals surface area contributed by atoms with Crippen molar-refractivity contribution in [1.82, 2.24) is 5.32 Å². The summed E-state index contributed by atoms with van der Waals surface area (Å²) >= 11 is 0. The highest BCUT2D eigenvalue weighted by Crippen LogP contribution is 2.06. The van der Waals surface area contributed by atoms with E-state index in [-0.39, 0.29) is 25.4 Å². The van der Waals surface area contributed by atoms with Gasteiger partial charge in [0.1, 0.15) is 5.82 Å². The molecule has 1 rings (SSSR count). The van der Waals surface area contributed by atoms with Crippen molar-refractivity contribution < 1.29 is 9.18 Å². The van der Waals surface area contributed by atoms with Crippen molar-refractivity contribution in [1.29, 1.82) is 0 Å². The van der Waals surface area contributed by atoms with Gasteiger partial charge in [-0.1, -0.05) is 23.3 Å². The summed E-state index contributed by atoms with van der Waals surface area (Å²) in [5, 5.41) is 5.78. The molecule has 0 aliphatic rings. The van der Waals surface area contributed by atoms with Gasteiger partial charge in [0, 0.05) is 18.0 Å². The van der Waals surface area contributed by atoms with Gasteiger partial charge in [0.15, 0.2) is 0 Å². The Morgan fingerprint density at radius 3 is 2.94 bits per heavy atom. The van der Waals surface area contributed by atoms with Crippen molar-refractivity contribution in [2.75, 3.05) is 13.1 Å². The summed E-state index contributed by atoms with van der Waals surface area (Å²) < 4.78 is 13.1. The molecule has 84 valence electrons. The molecule has 5 nitrogen and oxygen atoms in total. The lowest BCUT2D eigenvalue weighted by molar-refractivity contribution is -0.120. The van der Waals surface area contributed by atoms with Crippen molar-refractivity contribution in [2.24, 2.45) is 5.11 Å². The fraction of sp³-hybridized carbons (Fsp3) is 0.300. The first-order valence-electron chi connectivity index (χ1n) is 4.75. The molecule has 0 heterocycles. The predicted octanol–water partition coefficient (Wildman–Crippen LogP) is 1.79. The van der Waals surface area contributed by atoms with Crippen molar-refractivity contribution in [3.05, 3.63) is 46.1 Å². The minimum absolute atomic E-state index is 0.0110. The molecule has 0 aliphatic carbocycles. The van der Waals surface area contributed by atoms with Gasteiger partial charge < -0.3 is 5.32 Å². The molecule has 1 aromatic rings. The smallest absolute Gasteiger partial charge is 0.224 e. The maximum absolute atomic E-state index is 13.1. The number of benzene rings is 1. The van der Waals surface area contributed by atoms with Crippen LogP contribution in [0.15, 0.2) is 29.4 Å². The largest absolute Gasteiger partial charge is 0.356 e. The number of amides is 1. The van der Waals surface area contributed by atoms with Crippen LogP contribution in [0.3, 0.4) is 0 Å². The average molecular weight is 222 g/mol. The van der Waals surface area contributed by atoms with Crippen LogP contribution in [0.2, 0.25) is 0 Å². The van der Waals surface area contributed by atoms with Gasteiger partial charge in [0.05, 0.1) is 6.42 Å². The Bertz CT molecular complexity index is 415. The van der Waals surface area contributed by atoms with E-state index < -0.39 is 5.82 Å². The second-order valence-electron chi connectivity index (χ2n) is 3.07. The van der Waals surface area contributed by atoms with E-state index in [2.05, 4.69) is 15.3 Å². The summed E-state index contributed by atoms with van der Waals surface area (Å²) in [6, 6.07) is 6.11. The summed E-state index contributed by atoms with van der Waals surface area (Å²) in [5.41, 5.74) is 8.35. The normalized spacial score (nSPS) is 9.31. The summed E-state index contributed by atoms with van der Waals surface area (Å²) in [6.07, 6.45) is -0.0110. The number of rotatable bonds is 5. The summed E-state index contributed by atoms with van der Waals surface area (Å²) in [4.78, 5) is 13.9. The van der Waals surface area contributed by atoms with E-state index in [0.717, 1.165) is 0 Å². The second kappa shape index (κ2) is 6.42. The SMILES string of the molecule is [N-]=[N+]=NCCNC(=O)Cc1ccccc1F. The van der Waals surface area contributed by atoms with Crippen molar-refractivity contribution in [2.45, 2.75) is 6.42 Å². The number of carbonyl (C=O) groups is 1. The van der Waals surface area contributed by atoms with Crippen molar-refractivity contribution in [3.63, 3.8) is 0 Å².